The van der Waals surface area contributed by atoms with Gasteiger partial charge in [-0.1, -0.05) is 48.0 Å². The predicted octanol–water partition coefficient (Wildman–Crippen LogP) is 6.23. The highest BCUT2D eigenvalue weighted by molar-refractivity contribution is 6.31. The van der Waals surface area contributed by atoms with E-state index in [1.165, 1.54) is 6.07 Å². The number of nitrogens with zero attached hydrogens (tertiary/aromatic N) is 2. The Morgan fingerprint density at radius 1 is 1.12 bits per heavy atom. The Morgan fingerprint density at radius 3 is 2.48 bits per heavy atom. The molecule has 1 saturated carbocycles. The molecule has 0 aliphatic heterocycles. The number of ether oxygens (including phenoxy) is 1. The van der Waals surface area contributed by atoms with Gasteiger partial charge in [-0.15, -0.1) is 0 Å². The first-order chi connectivity index (χ1) is 15.9. The lowest BCUT2D eigenvalue weighted by Gasteiger charge is -2.28. The van der Waals surface area contributed by atoms with E-state index in [4.69, 9.17) is 26.5 Å². The van der Waals surface area contributed by atoms with Crippen molar-refractivity contribution < 1.29 is 19.0 Å². The van der Waals surface area contributed by atoms with E-state index in [2.05, 4.69) is 11.6 Å². The van der Waals surface area contributed by atoms with Gasteiger partial charge in [0.05, 0.1) is 11.6 Å². The molecule has 1 heterocycles. The number of benzene rings is 2. The van der Waals surface area contributed by atoms with Gasteiger partial charge in [0.1, 0.15) is 18.1 Å². The van der Waals surface area contributed by atoms with Crippen molar-refractivity contribution in [2.45, 2.75) is 39.2 Å². The number of rotatable bonds is 8. The summed E-state index contributed by atoms with van der Waals surface area (Å²) in [6, 6.07) is 14.8. The average Bonchev–Trinajstić information content (AvgIpc) is 3.13. The van der Waals surface area contributed by atoms with Crippen LogP contribution in [0.3, 0.4) is 0 Å². The third-order valence-electron chi connectivity index (χ3n) is 6.44. The highest BCUT2D eigenvalue weighted by atomic mass is 35.5. The summed E-state index contributed by atoms with van der Waals surface area (Å²) in [5.41, 5.74) is 4.73. The lowest BCUT2D eigenvalue weighted by atomic mass is 9.82. The molecule has 1 aliphatic rings. The molecule has 33 heavy (non-hydrogen) atoms. The molecule has 0 spiro atoms. The zero-order valence-electron chi connectivity index (χ0n) is 18.6. The Bertz CT molecular complexity index is 1110. The normalized spacial score (nSPS) is 18.4. The smallest absolute Gasteiger partial charge is 0.329 e. The Labute approximate surface area is 198 Å². The molecule has 0 atom stereocenters. The molecule has 174 valence electrons. The summed E-state index contributed by atoms with van der Waals surface area (Å²) in [5.74, 6) is -0.454. The van der Waals surface area contributed by atoms with Crippen LogP contribution in [0.25, 0.3) is 22.4 Å². The molecule has 4 rings (SSSR count). The van der Waals surface area contributed by atoms with Crippen LogP contribution in [0.15, 0.2) is 48.5 Å². The summed E-state index contributed by atoms with van der Waals surface area (Å²) in [6.45, 7) is 3.14. The number of aromatic nitrogens is 2. The summed E-state index contributed by atoms with van der Waals surface area (Å²) < 4.78 is 21.2. The molecular weight excluding hydrogens is 443 g/mol. The molecule has 1 aromatic heterocycles. The molecule has 0 bridgehead atoms. The van der Waals surface area contributed by atoms with Crippen LogP contribution in [0.2, 0.25) is 5.02 Å². The van der Waals surface area contributed by atoms with Gasteiger partial charge in [-0.05, 0) is 62.1 Å². The Morgan fingerprint density at radius 2 is 1.82 bits per heavy atom. The van der Waals surface area contributed by atoms with Gasteiger partial charge in [0.2, 0.25) is 0 Å². The van der Waals surface area contributed by atoms with Gasteiger partial charge in [0.15, 0.2) is 0 Å². The second-order valence-electron chi connectivity index (χ2n) is 8.78. The van der Waals surface area contributed by atoms with E-state index < -0.39 is 11.8 Å². The summed E-state index contributed by atoms with van der Waals surface area (Å²) >= 11 is 6.10. The Balaban J connectivity index is 1.54. The van der Waals surface area contributed by atoms with E-state index in [0.29, 0.717) is 18.4 Å². The number of carboxylic acids is 1. The molecule has 5 nitrogen and oxygen atoms in total. The standard InChI is InChI=1S/C26H28ClFN2O3/c1-17-25(21-11-12-23(28)22(27)13-21)26(20-5-3-2-4-6-20)29-30(17)14-18-7-9-19(10-8-18)15-33-16-24(31)32/h2-6,11-13,18-19H,7-10,14-16H2,1H3,(H,31,32)/t18-,19-. The molecule has 0 unspecified atom stereocenters. The summed E-state index contributed by atoms with van der Waals surface area (Å²) in [4.78, 5) is 10.6. The lowest BCUT2D eigenvalue weighted by Crippen LogP contribution is -2.23. The van der Waals surface area contributed by atoms with E-state index in [9.17, 15) is 9.18 Å². The molecule has 2 aromatic carbocycles. The zero-order chi connectivity index (χ0) is 23.4. The van der Waals surface area contributed by atoms with Crippen LogP contribution >= 0.6 is 11.6 Å². The minimum Gasteiger partial charge on any atom is -0.480 e. The van der Waals surface area contributed by atoms with Crippen LogP contribution in [0.5, 0.6) is 0 Å². The minimum absolute atomic E-state index is 0.0992. The van der Waals surface area contributed by atoms with Crippen LogP contribution in [-0.4, -0.2) is 34.1 Å². The van der Waals surface area contributed by atoms with Crippen LogP contribution in [0.1, 0.15) is 31.4 Å². The van der Waals surface area contributed by atoms with Crippen molar-refractivity contribution >= 4 is 17.6 Å². The highest BCUT2D eigenvalue weighted by Gasteiger charge is 2.25. The average molecular weight is 471 g/mol. The van der Waals surface area contributed by atoms with Gasteiger partial charge in [0.25, 0.3) is 0 Å². The third-order valence-corrected chi connectivity index (χ3v) is 6.73. The fraction of sp³-hybridized carbons (Fsp3) is 0.385. The van der Waals surface area contributed by atoms with Gasteiger partial charge >= 0.3 is 5.97 Å². The molecule has 0 radical (unpaired) electrons. The Hall–Kier alpha value is -2.70. The third kappa shape index (κ3) is 5.63. The van der Waals surface area contributed by atoms with Gasteiger partial charge < -0.3 is 9.84 Å². The molecular formula is C26H28ClFN2O3. The monoisotopic (exact) mass is 470 g/mol. The quantitative estimate of drug-likeness (QED) is 0.424. The lowest BCUT2D eigenvalue weighted by molar-refractivity contribution is -0.142. The predicted molar refractivity (Wildman–Crippen MR) is 127 cm³/mol. The maximum atomic E-state index is 13.8. The van der Waals surface area contributed by atoms with E-state index in [1.54, 1.807) is 12.1 Å². The molecule has 0 saturated heterocycles. The topological polar surface area (TPSA) is 64.4 Å². The zero-order valence-corrected chi connectivity index (χ0v) is 19.4. The molecule has 1 fully saturated rings. The number of hydrogen-bond donors (Lipinski definition) is 1. The largest absolute Gasteiger partial charge is 0.480 e. The summed E-state index contributed by atoms with van der Waals surface area (Å²) in [5, 5.41) is 13.8. The molecule has 3 aromatic rings. The van der Waals surface area contributed by atoms with Crippen LogP contribution in [-0.2, 0) is 16.1 Å². The number of carboxylic acid groups (broad SMARTS) is 1. The maximum absolute atomic E-state index is 13.8. The number of aliphatic carboxylic acids is 1. The Kier molecular flexibility index (Phi) is 7.46. The van der Waals surface area contributed by atoms with Crippen molar-refractivity contribution in [1.29, 1.82) is 0 Å². The van der Waals surface area contributed by atoms with Gasteiger partial charge in [-0.3, -0.25) is 4.68 Å². The van der Waals surface area contributed by atoms with Crippen LogP contribution < -0.4 is 0 Å². The van der Waals surface area contributed by atoms with Crippen molar-refractivity contribution in [2.75, 3.05) is 13.2 Å². The first-order valence-corrected chi connectivity index (χ1v) is 11.7. The maximum Gasteiger partial charge on any atom is 0.329 e. The van der Waals surface area contributed by atoms with Crippen molar-refractivity contribution in [2.24, 2.45) is 11.8 Å². The van der Waals surface area contributed by atoms with Crippen molar-refractivity contribution in [3.8, 4) is 22.4 Å². The molecule has 0 amide bonds. The highest BCUT2D eigenvalue weighted by Crippen LogP contribution is 2.37. The fourth-order valence-corrected chi connectivity index (χ4v) is 4.84. The van der Waals surface area contributed by atoms with E-state index in [1.807, 2.05) is 30.3 Å². The van der Waals surface area contributed by atoms with Gasteiger partial charge in [0, 0.05) is 23.4 Å². The van der Waals surface area contributed by atoms with Gasteiger partial charge in [-0.25, -0.2) is 9.18 Å². The second kappa shape index (κ2) is 10.5. The number of hydrogen-bond acceptors (Lipinski definition) is 3. The van der Waals surface area contributed by atoms with Crippen molar-refractivity contribution in [3.05, 3.63) is 65.1 Å². The SMILES string of the molecule is Cc1c(-c2ccc(F)c(Cl)c2)c(-c2ccccc2)nn1C[C@H]1CC[C@H](COCC(=O)O)CC1. The van der Waals surface area contributed by atoms with E-state index in [-0.39, 0.29) is 11.6 Å². The second-order valence-corrected chi connectivity index (χ2v) is 9.19. The van der Waals surface area contributed by atoms with Crippen LogP contribution in [0, 0.1) is 24.6 Å². The summed E-state index contributed by atoms with van der Waals surface area (Å²) in [6.07, 6.45) is 4.16. The van der Waals surface area contributed by atoms with E-state index >= 15 is 0 Å². The molecule has 1 N–H and O–H groups in total. The fourth-order valence-electron chi connectivity index (χ4n) is 4.66. The van der Waals surface area contributed by atoms with Crippen molar-refractivity contribution in [1.82, 2.24) is 9.78 Å². The minimum atomic E-state index is -0.926. The van der Waals surface area contributed by atoms with Crippen LogP contribution in [0.4, 0.5) is 4.39 Å². The first kappa shape index (κ1) is 23.5. The first-order valence-electron chi connectivity index (χ1n) is 11.3. The number of carbonyl (C=O) groups is 1. The molecule has 1 aliphatic carbocycles. The summed E-state index contributed by atoms with van der Waals surface area (Å²) in [7, 11) is 0. The van der Waals surface area contributed by atoms with Gasteiger partial charge in [-0.2, -0.15) is 5.10 Å². The van der Waals surface area contributed by atoms with E-state index in [0.717, 1.165) is 60.3 Å². The molecule has 7 heteroatoms. The van der Waals surface area contributed by atoms with Crippen molar-refractivity contribution in [3.63, 3.8) is 0 Å². The number of halogens is 2.